The standard InChI is InChI=1S/C28H35BrClNO2/c1-4-32-24-9-21(23(29)10-25(24)33-15-19-6-5-7-22(30)8-19)14-31-28-13-20-11-26(2,17-28)16-27(3,12-20)18-28/h5-10,20,31H,4,11-18H2,1-3H3. The molecule has 178 valence electrons. The molecule has 6 rings (SSSR count). The van der Waals surface area contributed by atoms with Crippen molar-refractivity contribution in [3.8, 4) is 11.5 Å². The molecule has 0 aliphatic heterocycles. The average Bonchev–Trinajstić information content (AvgIpc) is 2.70. The van der Waals surface area contributed by atoms with Crippen molar-refractivity contribution < 1.29 is 9.47 Å². The van der Waals surface area contributed by atoms with Crippen molar-refractivity contribution in [3.63, 3.8) is 0 Å². The number of rotatable bonds is 8. The summed E-state index contributed by atoms with van der Waals surface area (Å²) in [5.41, 5.74) is 3.55. The maximum absolute atomic E-state index is 6.14. The summed E-state index contributed by atoms with van der Waals surface area (Å²) in [5.74, 6) is 2.43. The Hall–Kier alpha value is -1.23. The second-order valence-corrected chi connectivity index (χ2v) is 12.8. The molecule has 4 bridgehead atoms. The molecule has 5 heteroatoms. The fourth-order valence-corrected chi connectivity index (χ4v) is 8.48. The van der Waals surface area contributed by atoms with Gasteiger partial charge >= 0.3 is 0 Å². The van der Waals surface area contributed by atoms with Gasteiger partial charge in [-0.1, -0.05) is 53.5 Å². The third-order valence-electron chi connectivity index (χ3n) is 7.98. The minimum Gasteiger partial charge on any atom is -0.490 e. The van der Waals surface area contributed by atoms with Gasteiger partial charge in [0.2, 0.25) is 0 Å². The van der Waals surface area contributed by atoms with Gasteiger partial charge in [-0.25, -0.2) is 0 Å². The highest BCUT2D eigenvalue weighted by Gasteiger charge is 2.59. The maximum Gasteiger partial charge on any atom is 0.162 e. The van der Waals surface area contributed by atoms with Crippen LogP contribution in [0.15, 0.2) is 40.9 Å². The Morgan fingerprint density at radius 2 is 1.73 bits per heavy atom. The lowest BCUT2D eigenvalue weighted by molar-refractivity contribution is -0.118. The highest BCUT2D eigenvalue weighted by molar-refractivity contribution is 9.10. The van der Waals surface area contributed by atoms with Crippen LogP contribution in [-0.2, 0) is 13.2 Å². The summed E-state index contributed by atoms with van der Waals surface area (Å²) < 4.78 is 13.2. The summed E-state index contributed by atoms with van der Waals surface area (Å²) in [7, 11) is 0. The van der Waals surface area contributed by atoms with E-state index in [-0.39, 0.29) is 5.54 Å². The summed E-state index contributed by atoms with van der Waals surface area (Å²) >= 11 is 9.93. The van der Waals surface area contributed by atoms with E-state index in [4.69, 9.17) is 21.1 Å². The summed E-state index contributed by atoms with van der Waals surface area (Å²) in [5, 5.41) is 4.77. The first kappa shape index (κ1) is 23.5. The molecule has 0 spiro atoms. The lowest BCUT2D eigenvalue weighted by atomic mass is 9.43. The third kappa shape index (κ3) is 4.94. The molecule has 33 heavy (non-hydrogen) atoms. The maximum atomic E-state index is 6.14. The predicted octanol–water partition coefficient (Wildman–Crippen LogP) is 7.92. The van der Waals surface area contributed by atoms with Crippen molar-refractivity contribution >= 4 is 27.5 Å². The van der Waals surface area contributed by atoms with Gasteiger partial charge in [-0.3, -0.25) is 0 Å². The molecule has 0 saturated heterocycles. The van der Waals surface area contributed by atoms with Crippen LogP contribution in [0.1, 0.15) is 70.4 Å². The van der Waals surface area contributed by atoms with Crippen LogP contribution in [0, 0.1) is 16.7 Å². The molecule has 0 radical (unpaired) electrons. The topological polar surface area (TPSA) is 30.5 Å². The number of ether oxygens (including phenoxy) is 2. The number of nitrogens with one attached hydrogen (secondary N) is 1. The van der Waals surface area contributed by atoms with Crippen LogP contribution < -0.4 is 14.8 Å². The SMILES string of the molecule is CCOc1cc(CNC23CC4CC(C)(CC(C)(C4)C2)C3)c(Br)cc1OCc1cccc(Cl)c1. The van der Waals surface area contributed by atoms with Gasteiger partial charge in [0.1, 0.15) is 6.61 Å². The van der Waals surface area contributed by atoms with Gasteiger partial charge < -0.3 is 14.8 Å². The van der Waals surface area contributed by atoms with Gasteiger partial charge in [-0.05, 0) is 97.6 Å². The Kier molecular flexibility index (Phi) is 6.25. The van der Waals surface area contributed by atoms with Gasteiger partial charge in [0, 0.05) is 21.6 Å². The first-order valence-electron chi connectivity index (χ1n) is 12.3. The molecule has 2 atom stereocenters. The molecule has 4 aliphatic rings. The van der Waals surface area contributed by atoms with E-state index in [1.54, 1.807) is 0 Å². The van der Waals surface area contributed by atoms with Gasteiger partial charge in [-0.2, -0.15) is 0 Å². The van der Waals surface area contributed by atoms with E-state index in [9.17, 15) is 0 Å². The number of benzene rings is 2. The molecule has 2 unspecified atom stereocenters. The van der Waals surface area contributed by atoms with E-state index in [1.807, 2.05) is 31.2 Å². The molecule has 4 fully saturated rings. The first-order chi connectivity index (χ1) is 15.7. The van der Waals surface area contributed by atoms with E-state index in [0.29, 0.717) is 24.0 Å². The lowest BCUT2D eigenvalue weighted by Crippen LogP contribution is -2.63. The number of hydrogen-bond donors (Lipinski definition) is 1. The molecular formula is C28H35BrClNO2. The van der Waals surface area contributed by atoms with Crippen LogP contribution in [0.25, 0.3) is 0 Å². The Morgan fingerprint density at radius 1 is 1.00 bits per heavy atom. The highest BCUT2D eigenvalue weighted by Crippen LogP contribution is 2.66. The van der Waals surface area contributed by atoms with Crippen LogP contribution >= 0.6 is 27.5 Å². The largest absolute Gasteiger partial charge is 0.490 e. The van der Waals surface area contributed by atoms with E-state index < -0.39 is 0 Å². The lowest BCUT2D eigenvalue weighted by Gasteiger charge is -2.65. The molecule has 1 N–H and O–H groups in total. The number of hydrogen-bond acceptors (Lipinski definition) is 3. The Bertz CT molecular complexity index is 1020. The molecular weight excluding hydrogens is 498 g/mol. The van der Waals surface area contributed by atoms with Crippen molar-refractivity contribution in [3.05, 3.63) is 57.0 Å². The summed E-state index contributed by atoms with van der Waals surface area (Å²) in [4.78, 5) is 0. The molecule has 3 nitrogen and oxygen atoms in total. The van der Waals surface area contributed by atoms with E-state index in [1.165, 1.54) is 44.1 Å². The smallest absolute Gasteiger partial charge is 0.162 e. The predicted molar refractivity (Wildman–Crippen MR) is 138 cm³/mol. The van der Waals surface area contributed by atoms with Crippen LogP contribution in [0.3, 0.4) is 0 Å². The van der Waals surface area contributed by atoms with Gasteiger partial charge in [-0.15, -0.1) is 0 Å². The van der Waals surface area contributed by atoms with E-state index in [2.05, 4.69) is 47.2 Å². The Morgan fingerprint density at radius 3 is 2.39 bits per heavy atom. The zero-order chi connectivity index (χ0) is 23.3. The zero-order valence-electron chi connectivity index (χ0n) is 20.0. The number of halogens is 2. The summed E-state index contributed by atoms with van der Waals surface area (Å²) in [6.07, 6.45) is 8.18. The van der Waals surface area contributed by atoms with Gasteiger partial charge in [0.05, 0.1) is 6.61 Å². The van der Waals surface area contributed by atoms with Crippen LogP contribution in [0.2, 0.25) is 5.02 Å². The molecule has 0 aromatic heterocycles. The van der Waals surface area contributed by atoms with Gasteiger partial charge in [0.25, 0.3) is 0 Å². The molecule has 2 aromatic rings. The molecule has 0 amide bonds. The Balaban J connectivity index is 1.32. The second kappa shape index (κ2) is 8.77. The monoisotopic (exact) mass is 531 g/mol. The zero-order valence-corrected chi connectivity index (χ0v) is 22.3. The molecule has 4 aliphatic carbocycles. The van der Waals surface area contributed by atoms with Gasteiger partial charge in [0.15, 0.2) is 11.5 Å². The quantitative estimate of drug-likeness (QED) is 0.374. The van der Waals surface area contributed by atoms with Crippen molar-refractivity contribution in [2.75, 3.05) is 6.61 Å². The van der Waals surface area contributed by atoms with E-state index >= 15 is 0 Å². The van der Waals surface area contributed by atoms with Crippen molar-refractivity contribution in [2.45, 2.75) is 78.0 Å². The average molecular weight is 533 g/mol. The van der Waals surface area contributed by atoms with Crippen LogP contribution in [-0.4, -0.2) is 12.1 Å². The van der Waals surface area contributed by atoms with Crippen LogP contribution in [0.4, 0.5) is 0 Å². The van der Waals surface area contributed by atoms with Crippen molar-refractivity contribution in [2.24, 2.45) is 16.7 Å². The first-order valence-corrected chi connectivity index (χ1v) is 13.4. The fraction of sp³-hybridized carbons (Fsp3) is 0.571. The normalized spacial score (nSPS) is 32.2. The Labute approximate surface area is 211 Å². The summed E-state index contributed by atoms with van der Waals surface area (Å²) in [6.45, 7) is 8.96. The summed E-state index contributed by atoms with van der Waals surface area (Å²) in [6, 6.07) is 12.0. The minimum absolute atomic E-state index is 0.274. The second-order valence-electron chi connectivity index (χ2n) is 11.5. The third-order valence-corrected chi connectivity index (χ3v) is 8.95. The van der Waals surface area contributed by atoms with Crippen molar-refractivity contribution in [1.82, 2.24) is 5.32 Å². The van der Waals surface area contributed by atoms with E-state index in [0.717, 1.165) is 39.0 Å². The molecule has 4 saturated carbocycles. The fourth-order valence-electron chi connectivity index (χ4n) is 7.81. The molecule has 2 aromatic carbocycles. The van der Waals surface area contributed by atoms with Crippen LogP contribution in [0.5, 0.6) is 11.5 Å². The molecule has 0 heterocycles. The minimum atomic E-state index is 0.274. The highest BCUT2D eigenvalue weighted by atomic mass is 79.9. The van der Waals surface area contributed by atoms with Crippen molar-refractivity contribution in [1.29, 1.82) is 0 Å².